The van der Waals surface area contributed by atoms with Gasteiger partial charge in [0.05, 0.1) is 6.10 Å². The summed E-state index contributed by atoms with van der Waals surface area (Å²) in [6, 6.07) is 0. The Morgan fingerprint density at radius 3 is 2.19 bits per heavy atom. The van der Waals surface area contributed by atoms with Crippen LogP contribution >= 0.6 is 0 Å². The lowest BCUT2D eigenvalue weighted by atomic mass is 9.95. The highest BCUT2D eigenvalue weighted by Gasteiger charge is 2.34. The second-order valence-corrected chi connectivity index (χ2v) is 6.31. The van der Waals surface area contributed by atoms with Crippen LogP contribution in [0, 0.1) is 0 Å². The van der Waals surface area contributed by atoms with Gasteiger partial charge in [0.25, 0.3) is 0 Å². The normalized spacial score (nSPS) is 15.8. The largest absolute Gasteiger partial charge is 0.443 e. The average molecular weight is 299 g/mol. The second kappa shape index (κ2) is 7.59. The highest BCUT2D eigenvalue weighted by atomic mass is 16.6. The van der Waals surface area contributed by atoms with E-state index in [9.17, 15) is 9.59 Å². The monoisotopic (exact) mass is 299 g/mol. The lowest BCUT2D eigenvalue weighted by molar-refractivity contribution is -0.149. The van der Waals surface area contributed by atoms with Crippen LogP contribution in [0.5, 0.6) is 0 Å². The summed E-state index contributed by atoms with van der Waals surface area (Å²) >= 11 is 0. The fourth-order valence-electron chi connectivity index (χ4n) is 2.08. The van der Waals surface area contributed by atoms with Gasteiger partial charge in [-0.3, -0.25) is 4.79 Å². The van der Waals surface area contributed by atoms with Crippen molar-refractivity contribution in [2.75, 3.05) is 14.1 Å². The van der Waals surface area contributed by atoms with Crippen LogP contribution in [0.15, 0.2) is 12.7 Å². The van der Waals surface area contributed by atoms with Crippen LogP contribution in [0.25, 0.3) is 0 Å². The summed E-state index contributed by atoms with van der Waals surface area (Å²) in [6.45, 7) is 12.7. The fourth-order valence-corrected chi connectivity index (χ4v) is 2.08. The topological polar surface area (TPSA) is 55.8 Å². The first-order valence-electron chi connectivity index (χ1n) is 7.22. The van der Waals surface area contributed by atoms with Gasteiger partial charge in [-0.1, -0.05) is 13.5 Å². The molecule has 2 atom stereocenters. The molecule has 0 aromatic carbocycles. The van der Waals surface area contributed by atoms with Gasteiger partial charge in [0.15, 0.2) is 5.78 Å². The maximum Gasteiger partial charge on any atom is 0.409 e. The van der Waals surface area contributed by atoms with E-state index in [1.807, 2.05) is 27.7 Å². The fraction of sp³-hybridized carbons (Fsp3) is 0.750. The third kappa shape index (κ3) is 6.29. The zero-order chi connectivity index (χ0) is 16.8. The Bertz CT molecular complexity index is 390. The minimum Gasteiger partial charge on any atom is -0.443 e. The molecule has 0 bridgehead atoms. The molecule has 2 unspecified atom stereocenters. The Labute approximate surface area is 128 Å². The standard InChI is InChI=1S/C16H29NO4/c1-9-13(18)16(6,10-2)20-12(3)11-15(4,5)21-14(19)17(7)8/h9,12H,1,10-11H2,2-8H3. The first kappa shape index (κ1) is 19.6. The maximum atomic E-state index is 11.9. The number of carbonyl (C=O) groups is 2. The highest BCUT2D eigenvalue weighted by Crippen LogP contribution is 2.25. The van der Waals surface area contributed by atoms with E-state index >= 15 is 0 Å². The smallest absolute Gasteiger partial charge is 0.409 e. The van der Waals surface area contributed by atoms with E-state index in [1.165, 1.54) is 11.0 Å². The Morgan fingerprint density at radius 1 is 1.29 bits per heavy atom. The van der Waals surface area contributed by atoms with Crippen molar-refractivity contribution in [1.82, 2.24) is 4.90 Å². The first-order chi connectivity index (χ1) is 9.47. The van der Waals surface area contributed by atoms with E-state index in [4.69, 9.17) is 9.47 Å². The third-order valence-corrected chi connectivity index (χ3v) is 3.35. The van der Waals surface area contributed by atoms with E-state index in [0.717, 1.165) is 0 Å². The summed E-state index contributed by atoms with van der Waals surface area (Å²) in [5.41, 5.74) is -1.56. The van der Waals surface area contributed by atoms with Gasteiger partial charge in [-0.15, -0.1) is 0 Å². The molecule has 5 heteroatoms. The molecule has 122 valence electrons. The van der Waals surface area contributed by atoms with Gasteiger partial charge in [-0.05, 0) is 40.2 Å². The van der Waals surface area contributed by atoms with E-state index in [2.05, 4.69) is 6.58 Å². The van der Waals surface area contributed by atoms with Crippen molar-refractivity contribution in [3.8, 4) is 0 Å². The molecule has 5 nitrogen and oxygen atoms in total. The summed E-state index contributed by atoms with van der Waals surface area (Å²) in [5, 5.41) is 0. The number of rotatable bonds is 8. The molecule has 0 saturated heterocycles. The molecule has 0 saturated carbocycles. The summed E-state index contributed by atoms with van der Waals surface area (Å²) in [4.78, 5) is 24.9. The number of amides is 1. The maximum absolute atomic E-state index is 11.9. The Morgan fingerprint density at radius 2 is 1.81 bits per heavy atom. The SMILES string of the molecule is C=CC(=O)C(C)(CC)OC(C)CC(C)(C)OC(=O)N(C)C. The quantitative estimate of drug-likeness (QED) is 0.646. The molecule has 0 fully saturated rings. The van der Waals surface area contributed by atoms with Gasteiger partial charge < -0.3 is 14.4 Å². The van der Waals surface area contributed by atoms with Crippen molar-refractivity contribution in [2.45, 2.75) is 64.8 Å². The summed E-state index contributed by atoms with van der Waals surface area (Å²) in [5.74, 6) is -0.139. The second-order valence-electron chi connectivity index (χ2n) is 6.31. The zero-order valence-corrected chi connectivity index (χ0v) is 14.4. The lowest BCUT2D eigenvalue weighted by Gasteiger charge is -2.34. The molecule has 0 aliphatic heterocycles. The van der Waals surface area contributed by atoms with Crippen molar-refractivity contribution >= 4 is 11.9 Å². The number of carbonyl (C=O) groups excluding carboxylic acids is 2. The minimum atomic E-state index is -0.886. The van der Waals surface area contributed by atoms with E-state index in [1.54, 1.807) is 21.0 Å². The van der Waals surface area contributed by atoms with E-state index < -0.39 is 17.3 Å². The Kier molecular flexibility index (Phi) is 7.10. The molecular weight excluding hydrogens is 270 g/mol. The van der Waals surface area contributed by atoms with Crippen molar-refractivity contribution in [1.29, 1.82) is 0 Å². The van der Waals surface area contributed by atoms with Gasteiger partial charge in [0.2, 0.25) is 0 Å². The van der Waals surface area contributed by atoms with Crippen LogP contribution in [-0.4, -0.2) is 48.2 Å². The van der Waals surface area contributed by atoms with Gasteiger partial charge in [0.1, 0.15) is 11.2 Å². The number of hydrogen-bond acceptors (Lipinski definition) is 4. The van der Waals surface area contributed by atoms with Gasteiger partial charge >= 0.3 is 6.09 Å². The Balaban J connectivity index is 4.73. The molecule has 0 aromatic heterocycles. The molecule has 0 aromatic rings. The molecular formula is C16H29NO4. The summed E-state index contributed by atoms with van der Waals surface area (Å²) < 4.78 is 11.3. The van der Waals surface area contributed by atoms with Crippen LogP contribution in [-0.2, 0) is 14.3 Å². The number of ether oxygens (including phenoxy) is 2. The third-order valence-electron chi connectivity index (χ3n) is 3.35. The van der Waals surface area contributed by atoms with Gasteiger partial charge in [-0.25, -0.2) is 4.79 Å². The van der Waals surface area contributed by atoms with E-state index in [-0.39, 0.29) is 11.9 Å². The van der Waals surface area contributed by atoms with Crippen LogP contribution < -0.4 is 0 Å². The molecule has 0 N–H and O–H groups in total. The van der Waals surface area contributed by atoms with Crippen molar-refractivity contribution in [3.05, 3.63) is 12.7 Å². The van der Waals surface area contributed by atoms with E-state index in [0.29, 0.717) is 12.8 Å². The lowest BCUT2D eigenvalue weighted by Crippen LogP contribution is -2.43. The Hall–Kier alpha value is -1.36. The van der Waals surface area contributed by atoms with Crippen LogP contribution in [0.2, 0.25) is 0 Å². The van der Waals surface area contributed by atoms with Crippen LogP contribution in [0.3, 0.4) is 0 Å². The summed E-state index contributed by atoms with van der Waals surface area (Å²) in [6.07, 6.45) is 1.71. The van der Waals surface area contributed by atoms with Crippen molar-refractivity contribution in [3.63, 3.8) is 0 Å². The molecule has 1 amide bonds. The zero-order valence-electron chi connectivity index (χ0n) is 14.4. The van der Waals surface area contributed by atoms with Gasteiger partial charge in [-0.2, -0.15) is 0 Å². The van der Waals surface area contributed by atoms with Crippen molar-refractivity contribution in [2.24, 2.45) is 0 Å². The molecule has 0 aliphatic rings. The molecule has 0 heterocycles. The minimum absolute atomic E-state index is 0.139. The van der Waals surface area contributed by atoms with Gasteiger partial charge in [0, 0.05) is 20.5 Å². The van der Waals surface area contributed by atoms with Crippen molar-refractivity contribution < 1.29 is 19.1 Å². The molecule has 0 spiro atoms. The predicted molar refractivity (Wildman–Crippen MR) is 83.3 cm³/mol. The van der Waals surface area contributed by atoms with Crippen LogP contribution in [0.1, 0.15) is 47.5 Å². The molecule has 21 heavy (non-hydrogen) atoms. The predicted octanol–water partition coefficient (Wildman–Crippen LogP) is 3.18. The summed E-state index contributed by atoms with van der Waals surface area (Å²) in [7, 11) is 3.27. The highest BCUT2D eigenvalue weighted by molar-refractivity contribution is 5.96. The van der Waals surface area contributed by atoms with Crippen LogP contribution in [0.4, 0.5) is 4.79 Å². The first-order valence-corrected chi connectivity index (χ1v) is 7.22. The molecule has 0 rings (SSSR count). The number of hydrogen-bond donors (Lipinski definition) is 0. The number of ketones is 1. The molecule has 0 aliphatic carbocycles. The average Bonchev–Trinajstić information content (AvgIpc) is 2.35. The number of nitrogens with zero attached hydrogens (tertiary/aromatic N) is 1. The molecule has 0 radical (unpaired) electrons.